The van der Waals surface area contributed by atoms with E-state index in [1.165, 1.54) is 17.5 Å². The van der Waals surface area contributed by atoms with Gasteiger partial charge in [-0.25, -0.2) is 8.42 Å². The molecular formula is C29H34N2O5S. The van der Waals surface area contributed by atoms with Crippen LogP contribution in [0.15, 0.2) is 89.8 Å². The summed E-state index contributed by atoms with van der Waals surface area (Å²) in [5.74, 6) is 1.13. The van der Waals surface area contributed by atoms with Crippen molar-refractivity contribution in [3.63, 3.8) is 0 Å². The fraction of sp³-hybridized carbons (Fsp3) is 0.345. The van der Waals surface area contributed by atoms with Gasteiger partial charge in [0.15, 0.2) is 0 Å². The van der Waals surface area contributed by atoms with Gasteiger partial charge in [-0.1, -0.05) is 54.6 Å². The van der Waals surface area contributed by atoms with Crippen LogP contribution in [0.1, 0.15) is 24.8 Å². The van der Waals surface area contributed by atoms with Crippen molar-refractivity contribution in [1.82, 2.24) is 9.21 Å². The Morgan fingerprint density at radius 2 is 1.65 bits per heavy atom. The molecule has 196 valence electrons. The maximum absolute atomic E-state index is 13.6. The number of piperidine rings is 1. The number of hydrogen-bond acceptors (Lipinski definition) is 5. The first-order chi connectivity index (χ1) is 17.8. The number of rotatable bonds is 10. The number of ether oxygens (including phenoxy) is 2. The molecule has 1 aliphatic heterocycles. The highest BCUT2D eigenvalue weighted by molar-refractivity contribution is 7.89. The molecular weight excluding hydrogens is 488 g/mol. The molecule has 1 amide bonds. The lowest BCUT2D eigenvalue weighted by Crippen LogP contribution is -2.50. The van der Waals surface area contributed by atoms with Gasteiger partial charge in [0.1, 0.15) is 11.5 Å². The van der Waals surface area contributed by atoms with E-state index in [1.807, 2.05) is 60.7 Å². The molecule has 37 heavy (non-hydrogen) atoms. The summed E-state index contributed by atoms with van der Waals surface area (Å²) in [5.41, 5.74) is 0.376. The van der Waals surface area contributed by atoms with Crippen LogP contribution in [0.5, 0.6) is 11.5 Å². The molecule has 0 aromatic heterocycles. The van der Waals surface area contributed by atoms with E-state index in [1.54, 1.807) is 30.1 Å². The summed E-state index contributed by atoms with van der Waals surface area (Å²) >= 11 is 0. The van der Waals surface area contributed by atoms with Gasteiger partial charge in [0.05, 0.1) is 18.6 Å². The summed E-state index contributed by atoms with van der Waals surface area (Å²) < 4.78 is 40.1. The summed E-state index contributed by atoms with van der Waals surface area (Å²) in [6.45, 7) is 1.32. The number of amides is 1. The van der Waals surface area contributed by atoms with Crippen molar-refractivity contribution in [2.24, 2.45) is 5.41 Å². The number of hydrogen-bond donors (Lipinski definition) is 0. The van der Waals surface area contributed by atoms with Gasteiger partial charge in [-0.3, -0.25) is 4.79 Å². The van der Waals surface area contributed by atoms with Crippen LogP contribution in [0.2, 0.25) is 0 Å². The topological polar surface area (TPSA) is 76.1 Å². The van der Waals surface area contributed by atoms with E-state index in [4.69, 9.17) is 9.47 Å². The third-order valence-corrected chi connectivity index (χ3v) is 8.65. The standard InChI is InChI=1S/C29H34N2O5S/c1-30(21-24-11-5-3-6-12-24)28(32)20-29(23-36-25-13-7-4-8-14-25)17-10-18-31(22-29)37(33,34)27-16-9-15-26(19-27)35-2/h3-9,11-16,19H,10,17-18,20-23H2,1-2H3/t29-/m0/s1. The van der Waals surface area contributed by atoms with Gasteiger partial charge < -0.3 is 14.4 Å². The predicted molar refractivity (Wildman–Crippen MR) is 143 cm³/mol. The molecule has 1 heterocycles. The summed E-state index contributed by atoms with van der Waals surface area (Å²) in [5, 5.41) is 0. The Morgan fingerprint density at radius 1 is 0.973 bits per heavy atom. The second-order valence-electron chi connectivity index (χ2n) is 9.64. The van der Waals surface area contributed by atoms with Crippen LogP contribution >= 0.6 is 0 Å². The summed E-state index contributed by atoms with van der Waals surface area (Å²) in [7, 11) is -0.484. The minimum absolute atomic E-state index is 0.0406. The normalized spacial score (nSPS) is 18.2. The van der Waals surface area contributed by atoms with Crippen molar-refractivity contribution in [3.8, 4) is 11.5 Å². The fourth-order valence-corrected chi connectivity index (χ4v) is 6.37. The van der Waals surface area contributed by atoms with E-state index in [0.29, 0.717) is 37.4 Å². The van der Waals surface area contributed by atoms with Crippen LogP contribution in [0.3, 0.4) is 0 Å². The number of para-hydroxylation sites is 1. The SMILES string of the molecule is COc1cccc(S(=O)(=O)N2CCC[C@](COc3ccccc3)(CC(=O)N(C)Cc3ccccc3)C2)c1. The Balaban J connectivity index is 1.57. The van der Waals surface area contributed by atoms with Gasteiger partial charge in [0, 0.05) is 44.6 Å². The molecule has 0 radical (unpaired) electrons. The molecule has 3 aromatic rings. The molecule has 1 saturated heterocycles. The molecule has 0 saturated carbocycles. The lowest BCUT2D eigenvalue weighted by Gasteiger charge is -2.42. The van der Waals surface area contributed by atoms with E-state index < -0.39 is 15.4 Å². The molecule has 1 atom stereocenters. The zero-order chi connectivity index (χ0) is 26.3. The smallest absolute Gasteiger partial charge is 0.243 e. The maximum atomic E-state index is 13.6. The molecule has 0 spiro atoms. The molecule has 8 heteroatoms. The lowest BCUT2D eigenvalue weighted by molar-refractivity contribution is -0.134. The molecule has 1 fully saturated rings. The van der Waals surface area contributed by atoms with E-state index in [0.717, 1.165) is 5.56 Å². The van der Waals surface area contributed by atoms with Crippen LogP contribution in [0.4, 0.5) is 0 Å². The van der Waals surface area contributed by atoms with Crippen LogP contribution in [-0.2, 0) is 21.4 Å². The zero-order valence-electron chi connectivity index (χ0n) is 21.4. The molecule has 1 aliphatic rings. The first-order valence-corrected chi connectivity index (χ1v) is 13.9. The number of sulfonamides is 1. The first kappa shape index (κ1) is 26.7. The number of carbonyl (C=O) groups is 1. The average Bonchev–Trinajstić information content (AvgIpc) is 2.93. The molecule has 0 unspecified atom stereocenters. The van der Waals surface area contributed by atoms with Gasteiger partial charge >= 0.3 is 0 Å². The molecule has 3 aromatic carbocycles. The Hall–Kier alpha value is -3.36. The van der Waals surface area contributed by atoms with Crippen molar-refractivity contribution in [2.75, 3.05) is 33.9 Å². The van der Waals surface area contributed by atoms with Crippen LogP contribution in [0, 0.1) is 5.41 Å². The minimum atomic E-state index is -3.78. The van der Waals surface area contributed by atoms with Gasteiger partial charge in [0.2, 0.25) is 15.9 Å². The molecule has 4 rings (SSSR count). The van der Waals surface area contributed by atoms with E-state index in [9.17, 15) is 13.2 Å². The predicted octanol–water partition coefficient (Wildman–Crippen LogP) is 4.59. The summed E-state index contributed by atoms with van der Waals surface area (Å²) in [6.07, 6.45) is 1.51. The van der Waals surface area contributed by atoms with Gasteiger partial charge in [-0.05, 0) is 42.7 Å². The molecule has 7 nitrogen and oxygen atoms in total. The van der Waals surface area contributed by atoms with E-state index in [2.05, 4.69) is 0 Å². The van der Waals surface area contributed by atoms with Crippen LogP contribution in [0.25, 0.3) is 0 Å². The monoisotopic (exact) mass is 522 g/mol. The highest BCUT2D eigenvalue weighted by atomic mass is 32.2. The second kappa shape index (κ2) is 11.8. The van der Waals surface area contributed by atoms with Crippen molar-refractivity contribution in [1.29, 1.82) is 0 Å². The van der Waals surface area contributed by atoms with Crippen molar-refractivity contribution in [2.45, 2.75) is 30.7 Å². The Bertz CT molecular complexity index is 1280. The summed E-state index contributed by atoms with van der Waals surface area (Å²) in [6, 6.07) is 25.7. The quantitative estimate of drug-likeness (QED) is 0.389. The van der Waals surface area contributed by atoms with Crippen molar-refractivity contribution < 1.29 is 22.7 Å². The summed E-state index contributed by atoms with van der Waals surface area (Å²) in [4.78, 5) is 15.3. The van der Waals surface area contributed by atoms with Gasteiger partial charge in [-0.2, -0.15) is 4.31 Å². The number of benzene rings is 3. The number of methoxy groups -OCH3 is 1. The molecule has 0 bridgehead atoms. The number of nitrogens with zero attached hydrogens (tertiary/aromatic N) is 2. The third kappa shape index (κ3) is 6.70. The maximum Gasteiger partial charge on any atom is 0.243 e. The van der Waals surface area contributed by atoms with Crippen molar-refractivity contribution >= 4 is 15.9 Å². The lowest BCUT2D eigenvalue weighted by atomic mass is 9.78. The van der Waals surface area contributed by atoms with Gasteiger partial charge in [-0.15, -0.1) is 0 Å². The average molecular weight is 523 g/mol. The third-order valence-electron chi connectivity index (χ3n) is 6.81. The zero-order valence-corrected chi connectivity index (χ0v) is 22.2. The number of carbonyl (C=O) groups excluding carboxylic acids is 1. The van der Waals surface area contributed by atoms with Gasteiger partial charge in [0.25, 0.3) is 0 Å². The minimum Gasteiger partial charge on any atom is -0.497 e. The second-order valence-corrected chi connectivity index (χ2v) is 11.6. The molecule has 0 aliphatic carbocycles. The van der Waals surface area contributed by atoms with E-state index >= 15 is 0 Å². The van der Waals surface area contributed by atoms with E-state index in [-0.39, 0.29) is 30.4 Å². The highest BCUT2D eigenvalue weighted by Gasteiger charge is 2.43. The Labute approximate surface area is 219 Å². The molecule has 0 N–H and O–H groups in total. The van der Waals surface area contributed by atoms with Crippen molar-refractivity contribution in [3.05, 3.63) is 90.5 Å². The fourth-order valence-electron chi connectivity index (χ4n) is 4.75. The first-order valence-electron chi connectivity index (χ1n) is 12.4. The Kier molecular flexibility index (Phi) is 8.51. The van der Waals surface area contributed by atoms with Crippen LogP contribution in [-0.4, -0.2) is 57.4 Å². The Morgan fingerprint density at radius 3 is 2.35 bits per heavy atom. The highest BCUT2D eigenvalue weighted by Crippen LogP contribution is 2.37. The van der Waals surface area contributed by atoms with Crippen LogP contribution < -0.4 is 9.47 Å². The largest absolute Gasteiger partial charge is 0.497 e.